The maximum Gasteiger partial charge on any atom is 0.307 e. The van der Waals surface area contributed by atoms with E-state index in [1.54, 1.807) is 36.4 Å². The predicted octanol–water partition coefficient (Wildman–Crippen LogP) is 4.47. The van der Waals surface area contributed by atoms with E-state index >= 15 is 0 Å². The van der Waals surface area contributed by atoms with Crippen molar-refractivity contribution in [3.8, 4) is 11.1 Å². The molecular formula is C20H15ClO4S. The number of carboxylic acid groups (broad SMARTS) is 1. The molecule has 0 atom stereocenters. The van der Waals surface area contributed by atoms with Crippen LogP contribution in [-0.4, -0.2) is 19.5 Å². The number of carbonyl (C=O) groups is 1. The van der Waals surface area contributed by atoms with E-state index < -0.39 is 15.8 Å². The standard InChI is InChI=1S/C20H15ClO4S/c21-17-9-7-15(8-10-17)16-4-2-6-19(13-16)26(24,25)18-5-1-3-14(11-18)12-20(22)23/h1-11,13H,12H2,(H,22,23). The van der Waals surface area contributed by atoms with Gasteiger partial charge >= 0.3 is 5.97 Å². The second kappa shape index (κ2) is 7.32. The van der Waals surface area contributed by atoms with E-state index in [9.17, 15) is 13.2 Å². The molecule has 6 heteroatoms. The fourth-order valence-corrected chi connectivity index (χ4v) is 4.12. The number of rotatable bonds is 5. The molecule has 0 spiro atoms. The minimum atomic E-state index is -3.75. The third kappa shape index (κ3) is 3.95. The summed E-state index contributed by atoms with van der Waals surface area (Å²) in [4.78, 5) is 11.1. The first-order valence-corrected chi connectivity index (χ1v) is 9.64. The van der Waals surface area contributed by atoms with Crippen molar-refractivity contribution in [1.82, 2.24) is 0 Å². The average Bonchev–Trinajstić information content (AvgIpc) is 2.62. The summed E-state index contributed by atoms with van der Waals surface area (Å²) in [5, 5.41) is 9.51. The molecule has 0 unspecified atom stereocenters. The second-order valence-electron chi connectivity index (χ2n) is 5.76. The summed E-state index contributed by atoms with van der Waals surface area (Å²) in [5.74, 6) is -1.01. The van der Waals surface area contributed by atoms with E-state index in [4.69, 9.17) is 16.7 Å². The minimum Gasteiger partial charge on any atom is -0.481 e. The number of aliphatic carboxylic acids is 1. The first-order chi connectivity index (χ1) is 12.4. The highest BCUT2D eigenvalue weighted by atomic mass is 35.5. The molecule has 0 aliphatic rings. The number of sulfone groups is 1. The van der Waals surface area contributed by atoms with Gasteiger partial charge in [-0.25, -0.2) is 8.42 Å². The molecule has 1 N–H and O–H groups in total. The molecule has 0 aromatic heterocycles. The number of hydrogen-bond acceptors (Lipinski definition) is 3. The van der Waals surface area contributed by atoms with E-state index in [1.165, 1.54) is 18.2 Å². The van der Waals surface area contributed by atoms with Gasteiger partial charge in [-0.3, -0.25) is 4.79 Å². The van der Waals surface area contributed by atoms with Gasteiger partial charge in [0.1, 0.15) is 0 Å². The Hall–Kier alpha value is -2.63. The van der Waals surface area contributed by atoms with Crippen LogP contribution in [0.15, 0.2) is 82.6 Å². The van der Waals surface area contributed by atoms with Crippen molar-refractivity contribution in [3.05, 3.63) is 83.4 Å². The van der Waals surface area contributed by atoms with Gasteiger partial charge in [0.15, 0.2) is 0 Å². The molecule has 0 bridgehead atoms. The average molecular weight is 387 g/mol. The molecule has 26 heavy (non-hydrogen) atoms. The minimum absolute atomic E-state index is 0.0736. The third-order valence-electron chi connectivity index (χ3n) is 3.89. The molecule has 0 radical (unpaired) electrons. The summed E-state index contributed by atoms with van der Waals surface area (Å²) in [6.07, 6.45) is -0.228. The van der Waals surface area contributed by atoms with Crippen LogP contribution in [0.5, 0.6) is 0 Å². The van der Waals surface area contributed by atoms with Crippen LogP contribution in [0, 0.1) is 0 Å². The summed E-state index contributed by atoms with van der Waals surface area (Å²) in [6, 6.07) is 19.8. The Balaban J connectivity index is 2.01. The lowest BCUT2D eigenvalue weighted by Gasteiger charge is -2.09. The second-order valence-corrected chi connectivity index (χ2v) is 8.14. The molecule has 0 aliphatic carbocycles. The molecule has 0 fully saturated rings. The van der Waals surface area contributed by atoms with E-state index in [1.807, 2.05) is 18.2 Å². The van der Waals surface area contributed by atoms with E-state index in [0.717, 1.165) is 11.1 Å². The van der Waals surface area contributed by atoms with Crippen LogP contribution in [0.1, 0.15) is 5.56 Å². The monoisotopic (exact) mass is 386 g/mol. The topological polar surface area (TPSA) is 71.4 Å². The van der Waals surface area contributed by atoms with Gasteiger partial charge in [0.05, 0.1) is 16.2 Å². The smallest absolute Gasteiger partial charge is 0.307 e. The third-order valence-corrected chi connectivity index (χ3v) is 5.89. The Morgan fingerprint density at radius 1 is 0.846 bits per heavy atom. The van der Waals surface area contributed by atoms with Crippen LogP contribution in [0.2, 0.25) is 5.02 Å². The largest absolute Gasteiger partial charge is 0.481 e. The van der Waals surface area contributed by atoms with E-state index in [2.05, 4.69) is 0 Å². The van der Waals surface area contributed by atoms with E-state index in [-0.39, 0.29) is 16.2 Å². The van der Waals surface area contributed by atoms with Crippen molar-refractivity contribution in [2.45, 2.75) is 16.2 Å². The Morgan fingerprint density at radius 2 is 1.46 bits per heavy atom. The SMILES string of the molecule is O=C(O)Cc1cccc(S(=O)(=O)c2cccc(-c3ccc(Cl)cc3)c2)c1. The lowest BCUT2D eigenvalue weighted by Crippen LogP contribution is -2.05. The van der Waals surface area contributed by atoms with Crippen molar-refractivity contribution in [1.29, 1.82) is 0 Å². The fourth-order valence-electron chi connectivity index (χ4n) is 2.62. The molecule has 3 aromatic carbocycles. The van der Waals surface area contributed by atoms with Crippen molar-refractivity contribution < 1.29 is 18.3 Å². The Morgan fingerprint density at radius 3 is 2.12 bits per heavy atom. The Labute approximate surface area is 156 Å². The molecule has 3 rings (SSSR count). The zero-order valence-electron chi connectivity index (χ0n) is 13.6. The summed E-state index contributed by atoms with van der Waals surface area (Å²) >= 11 is 5.90. The molecule has 0 saturated heterocycles. The van der Waals surface area contributed by atoms with Crippen molar-refractivity contribution in [2.75, 3.05) is 0 Å². The Bertz CT molecular complexity index is 1060. The molecule has 0 heterocycles. The summed E-state index contributed by atoms with van der Waals surface area (Å²) in [6.45, 7) is 0. The van der Waals surface area contributed by atoms with Gasteiger partial charge in [0.2, 0.25) is 9.84 Å². The zero-order valence-corrected chi connectivity index (χ0v) is 15.2. The molecule has 0 aliphatic heterocycles. The van der Waals surface area contributed by atoms with Gasteiger partial charge < -0.3 is 5.11 Å². The van der Waals surface area contributed by atoms with Crippen LogP contribution in [-0.2, 0) is 21.1 Å². The van der Waals surface area contributed by atoms with Crippen molar-refractivity contribution in [2.24, 2.45) is 0 Å². The number of hydrogen-bond donors (Lipinski definition) is 1. The quantitative estimate of drug-likeness (QED) is 0.702. The van der Waals surface area contributed by atoms with Crippen LogP contribution < -0.4 is 0 Å². The van der Waals surface area contributed by atoms with Gasteiger partial charge in [0.25, 0.3) is 0 Å². The first kappa shape index (κ1) is 18.2. The highest BCUT2D eigenvalue weighted by molar-refractivity contribution is 7.91. The summed E-state index contributed by atoms with van der Waals surface area (Å²) in [7, 11) is -3.75. The predicted molar refractivity (Wildman–Crippen MR) is 100 cm³/mol. The van der Waals surface area contributed by atoms with Crippen LogP contribution in [0.3, 0.4) is 0 Å². The summed E-state index contributed by atoms with van der Waals surface area (Å²) in [5.41, 5.74) is 2.04. The lowest BCUT2D eigenvalue weighted by molar-refractivity contribution is -0.136. The maximum absolute atomic E-state index is 12.9. The highest BCUT2D eigenvalue weighted by Crippen LogP contribution is 2.27. The molecule has 0 amide bonds. The van der Waals surface area contributed by atoms with E-state index in [0.29, 0.717) is 10.6 Å². The van der Waals surface area contributed by atoms with Gasteiger partial charge in [-0.15, -0.1) is 0 Å². The van der Waals surface area contributed by atoms with Crippen LogP contribution >= 0.6 is 11.6 Å². The molecular weight excluding hydrogens is 372 g/mol. The zero-order chi connectivity index (χ0) is 18.7. The summed E-state index contributed by atoms with van der Waals surface area (Å²) < 4.78 is 25.9. The van der Waals surface area contributed by atoms with Gasteiger partial charge in [0, 0.05) is 5.02 Å². The molecule has 0 saturated carbocycles. The molecule has 132 valence electrons. The Kier molecular flexibility index (Phi) is 5.11. The number of benzene rings is 3. The van der Waals surface area contributed by atoms with Crippen LogP contribution in [0.25, 0.3) is 11.1 Å². The maximum atomic E-state index is 12.9. The van der Waals surface area contributed by atoms with Crippen LogP contribution in [0.4, 0.5) is 0 Å². The number of halogens is 1. The van der Waals surface area contributed by atoms with Crippen molar-refractivity contribution >= 4 is 27.4 Å². The number of carboxylic acids is 1. The molecule has 3 aromatic rings. The molecule has 4 nitrogen and oxygen atoms in total. The van der Waals surface area contributed by atoms with Crippen molar-refractivity contribution in [3.63, 3.8) is 0 Å². The van der Waals surface area contributed by atoms with Gasteiger partial charge in [-0.05, 0) is 53.1 Å². The highest BCUT2D eigenvalue weighted by Gasteiger charge is 2.19. The van der Waals surface area contributed by atoms with Gasteiger partial charge in [-0.2, -0.15) is 0 Å². The lowest BCUT2D eigenvalue weighted by atomic mass is 10.1. The fraction of sp³-hybridized carbons (Fsp3) is 0.0500. The first-order valence-electron chi connectivity index (χ1n) is 7.78. The normalized spacial score (nSPS) is 11.3. The van der Waals surface area contributed by atoms with Gasteiger partial charge in [-0.1, -0.05) is 48.0 Å².